The van der Waals surface area contributed by atoms with Gasteiger partial charge in [-0.3, -0.25) is 4.68 Å². The molecule has 1 saturated carbocycles. The van der Waals surface area contributed by atoms with Gasteiger partial charge in [0, 0.05) is 18.8 Å². The van der Waals surface area contributed by atoms with Gasteiger partial charge in [0.05, 0.1) is 6.20 Å². The van der Waals surface area contributed by atoms with Crippen molar-refractivity contribution >= 4 is 0 Å². The summed E-state index contributed by atoms with van der Waals surface area (Å²) in [5, 5.41) is 4.17. The van der Waals surface area contributed by atoms with Crippen LogP contribution in [0.1, 0.15) is 31.7 Å². The second-order valence-electron chi connectivity index (χ2n) is 4.91. The van der Waals surface area contributed by atoms with Crippen molar-refractivity contribution in [2.24, 2.45) is 18.7 Å². The second-order valence-corrected chi connectivity index (χ2v) is 4.91. The van der Waals surface area contributed by atoms with E-state index in [1.54, 1.807) is 0 Å². The van der Waals surface area contributed by atoms with Crippen molar-refractivity contribution in [1.29, 1.82) is 0 Å². The lowest BCUT2D eigenvalue weighted by molar-refractivity contribution is 0.419. The molecule has 1 heterocycles. The Labute approximate surface area is 85.3 Å². The third-order valence-corrected chi connectivity index (χ3v) is 3.20. The third kappa shape index (κ3) is 1.98. The van der Waals surface area contributed by atoms with Gasteiger partial charge >= 0.3 is 0 Å². The standard InChI is InChI=1S/C11H19N3/c1-9-3-4-11(12,5-9)6-10-7-13-14(2)8-10/h7-9H,3-6,12H2,1-2H3. The van der Waals surface area contributed by atoms with Crippen LogP contribution in [0.5, 0.6) is 0 Å². The molecular weight excluding hydrogens is 174 g/mol. The summed E-state index contributed by atoms with van der Waals surface area (Å²) in [5.74, 6) is 0.789. The summed E-state index contributed by atoms with van der Waals surface area (Å²) in [7, 11) is 1.95. The lowest BCUT2D eigenvalue weighted by Gasteiger charge is -2.23. The third-order valence-electron chi connectivity index (χ3n) is 3.20. The monoisotopic (exact) mass is 193 g/mol. The molecule has 3 nitrogen and oxygen atoms in total. The Kier molecular flexibility index (Phi) is 2.35. The summed E-state index contributed by atoms with van der Waals surface area (Å²) >= 11 is 0. The number of hydrogen-bond acceptors (Lipinski definition) is 2. The Morgan fingerprint density at radius 3 is 3.00 bits per heavy atom. The van der Waals surface area contributed by atoms with Crippen molar-refractivity contribution < 1.29 is 0 Å². The Balaban J connectivity index is 2.03. The van der Waals surface area contributed by atoms with E-state index >= 15 is 0 Å². The molecule has 2 N–H and O–H groups in total. The van der Waals surface area contributed by atoms with Crippen LogP contribution in [0.25, 0.3) is 0 Å². The van der Waals surface area contributed by atoms with Crippen molar-refractivity contribution in [2.45, 2.75) is 38.1 Å². The van der Waals surface area contributed by atoms with Crippen LogP contribution in [-0.2, 0) is 13.5 Å². The fourth-order valence-electron chi connectivity index (χ4n) is 2.56. The summed E-state index contributed by atoms with van der Waals surface area (Å²) in [4.78, 5) is 0. The highest BCUT2D eigenvalue weighted by Crippen LogP contribution is 2.34. The Morgan fingerprint density at radius 1 is 1.71 bits per heavy atom. The molecule has 3 heteroatoms. The summed E-state index contributed by atoms with van der Waals surface area (Å²) < 4.78 is 1.84. The van der Waals surface area contributed by atoms with Crippen LogP contribution in [0.15, 0.2) is 12.4 Å². The fraction of sp³-hybridized carbons (Fsp3) is 0.727. The van der Waals surface area contributed by atoms with Crippen molar-refractivity contribution in [2.75, 3.05) is 0 Å². The van der Waals surface area contributed by atoms with Gasteiger partial charge in [-0.2, -0.15) is 5.10 Å². The van der Waals surface area contributed by atoms with E-state index in [2.05, 4.69) is 18.2 Å². The van der Waals surface area contributed by atoms with Crippen molar-refractivity contribution in [1.82, 2.24) is 9.78 Å². The topological polar surface area (TPSA) is 43.8 Å². The number of aromatic nitrogens is 2. The molecule has 0 amide bonds. The molecule has 0 radical (unpaired) electrons. The number of hydrogen-bond donors (Lipinski definition) is 1. The molecule has 0 aromatic carbocycles. The Hall–Kier alpha value is -0.830. The molecule has 1 fully saturated rings. The van der Waals surface area contributed by atoms with E-state index in [9.17, 15) is 0 Å². The van der Waals surface area contributed by atoms with Gasteiger partial charge in [-0.05, 0) is 37.2 Å². The first kappa shape index (κ1) is 9.71. The number of nitrogens with two attached hydrogens (primary N) is 1. The normalized spacial score (nSPS) is 32.4. The van der Waals surface area contributed by atoms with Crippen molar-refractivity contribution in [3.05, 3.63) is 18.0 Å². The second kappa shape index (κ2) is 3.39. The summed E-state index contributed by atoms with van der Waals surface area (Å²) in [6.07, 6.45) is 8.56. The van der Waals surface area contributed by atoms with Gasteiger partial charge in [-0.25, -0.2) is 0 Å². The lowest BCUT2D eigenvalue weighted by atomic mass is 9.91. The molecule has 14 heavy (non-hydrogen) atoms. The van der Waals surface area contributed by atoms with Crippen LogP contribution < -0.4 is 5.73 Å². The van der Waals surface area contributed by atoms with Gasteiger partial charge in [-0.15, -0.1) is 0 Å². The molecule has 78 valence electrons. The highest BCUT2D eigenvalue weighted by molar-refractivity contribution is 5.11. The molecular formula is C11H19N3. The molecule has 0 bridgehead atoms. The van der Waals surface area contributed by atoms with Crippen molar-refractivity contribution in [3.63, 3.8) is 0 Å². The SMILES string of the molecule is CC1CCC(N)(Cc2cnn(C)c2)C1. The molecule has 0 aliphatic heterocycles. The Bertz CT molecular complexity index is 318. The van der Waals surface area contributed by atoms with Gasteiger partial charge in [-0.1, -0.05) is 6.92 Å². The number of aryl methyl sites for hydroxylation is 1. The fourth-order valence-corrected chi connectivity index (χ4v) is 2.56. The maximum absolute atomic E-state index is 6.35. The molecule has 2 atom stereocenters. The van der Waals surface area contributed by atoms with Crippen LogP contribution in [0.3, 0.4) is 0 Å². The van der Waals surface area contributed by atoms with Crippen LogP contribution in [-0.4, -0.2) is 15.3 Å². The van der Waals surface area contributed by atoms with E-state index < -0.39 is 0 Å². The van der Waals surface area contributed by atoms with Gasteiger partial charge in [0.2, 0.25) is 0 Å². The predicted molar refractivity (Wildman–Crippen MR) is 56.8 cm³/mol. The molecule has 1 aliphatic rings. The maximum atomic E-state index is 6.35. The average Bonchev–Trinajstić information content (AvgIpc) is 2.60. The molecule has 1 aromatic rings. The van der Waals surface area contributed by atoms with E-state index in [0.717, 1.165) is 25.2 Å². The number of rotatable bonds is 2. The largest absolute Gasteiger partial charge is 0.325 e. The van der Waals surface area contributed by atoms with Gasteiger partial charge in [0.15, 0.2) is 0 Å². The molecule has 2 rings (SSSR count). The maximum Gasteiger partial charge on any atom is 0.0522 e. The first-order valence-electron chi connectivity index (χ1n) is 5.34. The van der Waals surface area contributed by atoms with Gasteiger partial charge in [0.25, 0.3) is 0 Å². The van der Waals surface area contributed by atoms with Gasteiger partial charge in [0.1, 0.15) is 0 Å². The molecule has 1 aromatic heterocycles. The molecule has 2 unspecified atom stereocenters. The van der Waals surface area contributed by atoms with E-state index in [4.69, 9.17) is 5.73 Å². The zero-order chi connectivity index (χ0) is 10.2. The number of nitrogens with zero attached hydrogens (tertiary/aromatic N) is 2. The zero-order valence-corrected chi connectivity index (χ0v) is 9.03. The molecule has 1 aliphatic carbocycles. The van der Waals surface area contributed by atoms with E-state index in [0.29, 0.717) is 0 Å². The van der Waals surface area contributed by atoms with Crippen molar-refractivity contribution in [3.8, 4) is 0 Å². The first-order chi connectivity index (χ1) is 6.57. The first-order valence-corrected chi connectivity index (χ1v) is 5.34. The minimum atomic E-state index is 0.0302. The summed E-state index contributed by atoms with van der Waals surface area (Å²) in [6.45, 7) is 2.29. The highest BCUT2D eigenvalue weighted by Gasteiger charge is 2.33. The van der Waals surface area contributed by atoms with Crippen LogP contribution in [0, 0.1) is 5.92 Å². The van der Waals surface area contributed by atoms with Gasteiger partial charge < -0.3 is 5.73 Å². The molecule has 0 spiro atoms. The summed E-state index contributed by atoms with van der Waals surface area (Å²) in [5.41, 5.74) is 7.65. The van der Waals surface area contributed by atoms with Crippen LogP contribution >= 0.6 is 0 Å². The average molecular weight is 193 g/mol. The minimum absolute atomic E-state index is 0.0302. The Morgan fingerprint density at radius 2 is 2.50 bits per heavy atom. The predicted octanol–water partition coefficient (Wildman–Crippen LogP) is 1.48. The zero-order valence-electron chi connectivity index (χ0n) is 9.03. The highest BCUT2D eigenvalue weighted by atomic mass is 15.2. The molecule has 0 saturated heterocycles. The van der Waals surface area contributed by atoms with Crippen LogP contribution in [0.2, 0.25) is 0 Å². The summed E-state index contributed by atoms with van der Waals surface area (Å²) in [6, 6.07) is 0. The smallest absolute Gasteiger partial charge is 0.0522 e. The van der Waals surface area contributed by atoms with E-state index in [1.807, 2.05) is 17.9 Å². The van der Waals surface area contributed by atoms with Crippen LogP contribution in [0.4, 0.5) is 0 Å². The minimum Gasteiger partial charge on any atom is -0.325 e. The van der Waals surface area contributed by atoms with E-state index in [1.165, 1.54) is 12.0 Å². The lowest BCUT2D eigenvalue weighted by Crippen LogP contribution is -2.39. The quantitative estimate of drug-likeness (QED) is 0.773. The van der Waals surface area contributed by atoms with E-state index in [-0.39, 0.29) is 5.54 Å².